The van der Waals surface area contributed by atoms with E-state index >= 15 is 0 Å². The van der Waals surface area contributed by atoms with Gasteiger partial charge in [0.15, 0.2) is 0 Å². The van der Waals surface area contributed by atoms with E-state index in [0.717, 1.165) is 12.8 Å². The summed E-state index contributed by atoms with van der Waals surface area (Å²) in [4.78, 5) is 0. The van der Waals surface area contributed by atoms with Gasteiger partial charge >= 0.3 is 0 Å². The molecule has 0 saturated carbocycles. The Labute approximate surface area is 79.9 Å². The van der Waals surface area contributed by atoms with Gasteiger partial charge in [-0.15, -0.1) is 0 Å². The van der Waals surface area contributed by atoms with E-state index in [2.05, 4.69) is 13.8 Å². The predicted molar refractivity (Wildman–Crippen MR) is 56.5 cm³/mol. The molecule has 2 nitrogen and oxygen atoms in total. The molecular formula is C9H21NOS. The van der Waals surface area contributed by atoms with E-state index in [1.165, 1.54) is 0 Å². The molecule has 12 heavy (non-hydrogen) atoms. The molecule has 0 aromatic carbocycles. The molecule has 0 aliphatic heterocycles. The number of aliphatic hydroxyl groups is 1. The lowest BCUT2D eigenvalue weighted by Crippen LogP contribution is -2.20. The lowest BCUT2D eigenvalue weighted by atomic mass is 10.2. The lowest BCUT2D eigenvalue weighted by Gasteiger charge is -2.17. The zero-order valence-electron chi connectivity index (χ0n) is 8.29. The predicted octanol–water partition coefficient (Wildman–Crippen LogP) is 1.62. The molecular weight excluding hydrogens is 170 g/mol. The van der Waals surface area contributed by atoms with Crippen LogP contribution in [0.3, 0.4) is 0 Å². The third-order valence-electron chi connectivity index (χ3n) is 1.70. The van der Waals surface area contributed by atoms with Crippen LogP contribution in [0.5, 0.6) is 0 Å². The Morgan fingerprint density at radius 2 is 1.83 bits per heavy atom. The van der Waals surface area contributed by atoms with E-state index in [1.807, 2.05) is 18.7 Å². The summed E-state index contributed by atoms with van der Waals surface area (Å²) in [6.07, 6.45) is 1.94. The number of hydrogen-bond acceptors (Lipinski definition) is 3. The average molecular weight is 191 g/mol. The van der Waals surface area contributed by atoms with Crippen molar-refractivity contribution < 1.29 is 5.11 Å². The Hall–Kier alpha value is 0.270. The third kappa shape index (κ3) is 6.95. The Balaban J connectivity index is 3.46. The van der Waals surface area contributed by atoms with Gasteiger partial charge in [0.05, 0.1) is 0 Å². The summed E-state index contributed by atoms with van der Waals surface area (Å²) >= 11 is 1.91. The highest BCUT2D eigenvalue weighted by Gasteiger charge is 2.10. The summed E-state index contributed by atoms with van der Waals surface area (Å²) < 4.78 is 0. The average Bonchev–Trinajstić information content (AvgIpc) is 1.84. The number of hydrogen-bond donors (Lipinski definition) is 2. The van der Waals surface area contributed by atoms with E-state index in [1.54, 1.807) is 0 Å². The Morgan fingerprint density at radius 1 is 1.25 bits per heavy atom. The zero-order valence-corrected chi connectivity index (χ0v) is 9.10. The van der Waals surface area contributed by atoms with E-state index in [4.69, 9.17) is 10.8 Å². The highest BCUT2D eigenvalue weighted by molar-refractivity contribution is 8.00. The van der Waals surface area contributed by atoms with Crippen LogP contribution in [0.2, 0.25) is 0 Å². The van der Waals surface area contributed by atoms with E-state index in [9.17, 15) is 0 Å². The first kappa shape index (κ1) is 12.3. The van der Waals surface area contributed by atoms with Crippen molar-refractivity contribution in [2.75, 3.05) is 6.61 Å². The van der Waals surface area contributed by atoms with Crippen LogP contribution in [0.4, 0.5) is 0 Å². The maximum atomic E-state index is 8.69. The molecule has 0 fully saturated rings. The van der Waals surface area contributed by atoms with Crippen LogP contribution in [-0.4, -0.2) is 28.3 Å². The van der Waals surface area contributed by atoms with Gasteiger partial charge in [0.1, 0.15) is 0 Å². The fraction of sp³-hybridized carbons (Fsp3) is 1.00. The molecule has 0 rings (SSSR count). The van der Waals surface area contributed by atoms with Crippen molar-refractivity contribution in [3.05, 3.63) is 0 Å². The maximum absolute atomic E-state index is 8.69. The molecule has 0 aliphatic carbocycles. The van der Waals surface area contributed by atoms with Crippen molar-refractivity contribution in [2.45, 2.75) is 50.2 Å². The second kappa shape index (κ2) is 6.75. The summed E-state index contributed by atoms with van der Waals surface area (Å²) in [7, 11) is 0. The van der Waals surface area contributed by atoms with Crippen molar-refractivity contribution >= 4 is 11.8 Å². The van der Waals surface area contributed by atoms with Gasteiger partial charge in [-0.05, 0) is 19.8 Å². The van der Waals surface area contributed by atoms with Gasteiger partial charge in [0.2, 0.25) is 0 Å². The second-order valence-electron chi connectivity index (χ2n) is 3.48. The fourth-order valence-electron chi connectivity index (χ4n) is 1.23. The first-order chi connectivity index (χ1) is 5.56. The molecule has 0 aromatic heterocycles. The molecule has 0 bridgehead atoms. The molecule has 0 spiro atoms. The van der Waals surface area contributed by atoms with Crippen LogP contribution in [0.1, 0.15) is 33.6 Å². The number of thioether (sulfide) groups is 1. The SMILES string of the molecule is CC(N)CC(C)SC(C)CCO. The molecule has 0 saturated heterocycles. The quantitative estimate of drug-likeness (QED) is 0.670. The molecule has 0 amide bonds. The van der Waals surface area contributed by atoms with E-state index in [0.29, 0.717) is 17.1 Å². The highest BCUT2D eigenvalue weighted by Crippen LogP contribution is 2.22. The molecule has 3 N–H and O–H groups in total. The fourth-order valence-corrected chi connectivity index (χ4v) is 2.67. The van der Waals surface area contributed by atoms with Crippen molar-refractivity contribution in [3.8, 4) is 0 Å². The zero-order chi connectivity index (χ0) is 9.56. The van der Waals surface area contributed by atoms with E-state index in [-0.39, 0.29) is 6.04 Å². The van der Waals surface area contributed by atoms with Crippen LogP contribution in [0.25, 0.3) is 0 Å². The molecule has 0 aromatic rings. The van der Waals surface area contributed by atoms with Crippen molar-refractivity contribution in [3.63, 3.8) is 0 Å². The Morgan fingerprint density at radius 3 is 2.25 bits per heavy atom. The van der Waals surface area contributed by atoms with Gasteiger partial charge in [-0.1, -0.05) is 13.8 Å². The highest BCUT2D eigenvalue weighted by atomic mass is 32.2. The molecule has 0 heterocycles. The van der Waals surface area contributed by atoms with Crippen molar-refractivity contribution in [1.82, 2.24) is 0 Å². The molecule has 3 atom stereocenters. The van der Waals surface area contributed by atoms with Gasteiger partial charge in [0.25, 0.3) is 0 Å². The van der Waals surface area contributed by atoms with E-state index < -0.39 is 0 Å². The summed E-state index contributed by atoms with van der Waals surface area (Å²) in [6, 6.07) is 0.286. The summed E-state index contributed by atoms with van der Waals surface area (Å²) in [5, 5.41) is 9.84. The normalized spacial score (nSPS) is 18.8. The van der Waals surface area contributed by atoms with Crippen LogP contribution in [0.15, 0.2) is 0 Å². The third-order valence-corrected chi connectivity index (χ3v) is 3.06. The standard InChI is InChI=1S/C9H21NOS/c1-7(10)6-9(3)12-8(2)4-5-11/h7-9,11H,4-6,10H2,1-3H3. The molecule has 3 heteroatoms. The minimum absolute atomic E-state index is 0.286. The largest absolute Gasteiger partial charge is 0.396 e. The van der Waals surface area contributed by atoms with Gasteiger partial charge in [-0.3, -0.25) is 0 Å². The van der Waals surface area contributed by atoms with Crippen LogP contribution >= 0.6 is 11.8 Å². The smallest absolute Gasteiger partial charge is 0.0441 e. The van der Waals surface area contributed by atoms with Crippen LogP contribution < -0.4 is 5.73 Å². The number of nitrogens with two attached hydrogens (primary N) is 1. The monoisotopic (exact) mass is 191 g/mol. The first-order valence-corrected chi connectivity index (χ1v) is 5.52. The summed E-state index contributed by atoms with van der Waals surface area (Å²) in [5.74, 6) is 0. The van der Waals surface area contributed by atoms with Crippen molar-refractivity contribution in [2.24, 2.45) is 5.73 Å². The minimum Gasteiger partial charge on any atom is -0.396 e. The van der Waals surface area contributed by atoms with Crippen LogP contribution in [-0.2, 0) is 0 Å². The molecule has 0 radical (unpaired) electrons. The molecule has 74 valence electrons. The Kier molecular flexibility index (Phi) is 6.90. The molecule has 0 aliphatic rings. The van der Waals surface area contributed by atoms with Crippen LogP contribution in [0, 0.1) is 0 Å². The second-order valence-corrected chi connectivity index (χ2v) is 5.36. The van der Waals surface area contributed by atoms with Crippen molar-refractivity contribution in [1.29, 1.82) is 0 Å². The minimum atomic E-state index is 0.286. The van der Waals surface area contributed by atoms with Gasteiger partial charge in [0, 0.05) is 23.1 Å². The molecule has 3 unspecified atom stereocenters. The topological polar surface area (TPSA) is 46.2 Å². The number of aliphatic hydroxyl groups excluding tert-OH is 1. The summed E-state index contributed by atoms with van der Waals surface area (Å²) in [6.45, 7) is 6.67. The van der Waals surface area contributed by atoms with Gasteiger partial charge in [-0.2, -0.15) is 11.8 Å². The summed E-state index contributed by atoms with van der Waals surface area (Å²) in [5.41, 5.74) is 5.68. The van der Waals surface area contributed by atoms with Gasteiger partial charge < -0.3 is 10.8 Å². The number of rotatable bonds is 6. The maximum Gasteiger partial charge on any atom is 0.0441 e. The van der Waals surface area contributed by atoms with Gasteiger partial charge in [-0.25, -0.2) is 0 Å². The lowest BCUT2D eigenvalue weighted by molar-refractivity contribution is 0.289. The Bertz CT molecular complexity index is 109. The first-order valence-electron chi connectivity index (χ1n) is 4.58.